The van der Waals surface area contributed by atoms with Gasteiger partial charge < -0.3 is 14.7 Å². The number of carboxylic acid groups (broad SMARTS) is 1. The Morgan fingerprint density at radius 3 is 2.13 bits per heavy atom. The van der Waals surface area contributed by atoms with E-state index in [1.807, 2.05) is 0 Å². The number of rotatable bonds is 12. The Morgan fingerprint density at radius 2 is 1.58 bits per heavy atom. The number of benzene rings is 1. The number of halogens is 3. The van der Waals surface area contributed by atoms with Gasteiger partial charge in [-0.3, -0.25) is 4.79 Å². The Labute approximate surface area is 181 Å². The number of alkyl halides is 3. The molecule has 0 saturated carbocycles. The van der Waals surface area contributed by atoms with Gasteiger partial charge in [-0.15, -0.1) is 0 Å². The van der Waals surface area contributed by atoms with E-state index in [1.165, 1.54) is 13.2 Å². The predicted molar refractivity (Wildman–Crippen MR) is 112 cm³/mol. The van der Waals surface area contributed by atoms with Crippen molar-refractivity contribution < 1.29 is 32.6 Å². The molecule has 1 N–H and O–H groups in total. The number of unbranched alkanes of at least 4 members (excludes halogenated alkanes) is 6. The van der Waals surface area contributed by atoms with Gasteiger partial charge in [-0.05, 0) is 49.8 Å². The Morgan fingerprint density at radius 1 is 1.00 bits per heavy atom. The molecule has 8 heteroatoms. The number of methoxy groups -OCH3 is 1. The number of ether oxygens (including phenoxy) is 1. The second kappa shape index (κ2) is 12.0. The molecular weight excluding hydrogens is 411 g/mol. The van der Waals surface area contributed by atoms with Gasteiger partial charge in [0.05, 0.1) is 18.2 Å². The van der Waals surface area contributed by atoms with Gasteiger partial charge in [0.15, 0.2) is 0 Å². The first kappa shape index (κ1) is 25.0. The van der Waals surface area contributed by atoms with E-state index >= 15 is 0 Å². The number of carbonyl (C=O) groups is 2. The average molecular weight is 444 g/mol. The maximum atomic E-state index is 12.9. The summed E-state index contributed by atoms with van der Waals surface area (Å²) >= 11 is 0. The van der Waals surface area contributed by atoms with Gasteiger partial charge >= 0.3 is 12.1 Å². The lowest BCUT2D eigenvalue weighted by atomic mass is 9.98. The highest BCUT2D eigenvalue weighted by molar-refractivity contribution is 6.00. The van der Waals surface area contributed by atoms with E-state index in [0.717, 1.165) is 44.9 Å². The van der Waals surface area contributed by atoms with Gasteiger partial charge in [0.1, 0.15) is 5.75 Å². The standard InChI is InChI=1S/C23H32F3NO4/c1-31-20-17(11-7-5-3-2-4-6-8-12-23(24,25)26)15-18(22(29)30)16-19(20)21(28)27-13-9-10-14-27/h15-16H,2-14H2,1H3,(H,29,30). The minimum Gasteiger partial charge on any atom is -0.496 e. The van der Waals surface area contributed by atoms with Crippen LogP contribution in [0.25, 0.3) is 0 Å². The maximum absolute atomic E-state index is 12.9. The largest absolute Gasteiger partial charge is 0.496 e. The smallest absolute Gasteiger partial charge is 0.389 e. The lowest BCUT2D eigenvalue weighted by molar-refractivity contribution is -0.135. The third-order valence-corrected chi connectivity index (χ3v) is 5.65. The highest BCUT2D eigenvalue weighted by Gasteiger charge is 2.26. The van der Waals surface area contributed by atoms with Crippen LogP contribution in [0.5, 0.6) is 5.75 Å². The molecule has 0 spiro atoms. The van der Waals surface area contributed by atoms with Crippen LogP contribution in [0, 0.1) is 0 Å². The van der Waals surface area contributed by atoms with Crippen LogP contribution in [0.3, 0.4) is 0 Å². The number of carbonyl (C=O) groups excluding carboxylic acids is 1. The van der Waals surface area contributed by atoms with Crippen LogP contribution >= 0.6 is 0 Å². The minimum absolute atomic E-state index is 0.0722. The zero-order valence-electron chi connectivity index (χ0n) is 18.1. The topological polar surface area (TPSA) is 66.8 Å². The van der Waals surface area contributed by atoms with Crippen molar-refractivity contribution in [3.63, 3.8) is 0 Å². The molecule has 1 aliphatic rings. The van der Waals surface area contributed by atoms with Crippen LogP contribution in [0.4, 0.5) is 13.2 Å². The lowest BCUT2D eigenvalue weighted by Crippen LogP contribution is -2.28. The zero-order valence-corrected chi connectivity index (χ0v) is 18.1. The van der Waals surface area contributed by atoms with E-state index in [-0.39, 0.29) is 17.9 Å². The number of likely N-dealkylation sites (tertiary alicyclic amines) is 1. The van der Waals surface area contributed by atoms with Crippen molar-refractivity contribution in [1.82, 2.24) is 4.90 Å². The van der Waals surface area contributed by atoms with E-state index < -0.39 is 18.6 Å². The molecule has 174 valence electrons. The van der Waals surface area contributed by atoms with Gasteiger partial charge in [0.25, 0.3) is 5.91 Å². The molecule has 0 unspecified atom stereocenters. The number of carboxylic acids is 1. The first-order valence-electron chi connectivity index (χ1n) is 11.0. The summed E-state index contributed by atoms with van der Waals surface area (Å²) in [6, 6.07) is 2.96. The third kappa shape index (κ3) is 8.07. The number of aryl methyl sites for hydroxylation is 1. The third-order valence-electron chi connectivity index (χ3n) is 5.65. The van der Waals surface area contributed by atoms with Crippen LogP contribution in [0.2, 0.25) is 0 Å². The molecule has 1 aliphatic heterocycles. The molecule has 1 fully saturated rings. The Bertz CT molecular complexity index is 743. The van der Waals surface area contributed by atoms with Crippen molar-refractivity contribution in [2.45, 2.75) is 76.8 Å². The Hall–Kier alpha value is -2.25. The van der Waals surface area contributed by atoms with Crippen molar-refractivity contribution >= 4 is 11.9 Å². The van der Waals surface area contributed by atoms with Gasteiger partial charge in [-0.2, -0.15) is 13.2 Å². The van der Waals surface area contributed by atoms with Crippen molar-refractivity contribution in [3.8, 4) is 5.75 Å². The molecule has 1 aromatic rings. The summed E-state index contributed by atoms with van der Waals surface area (Å²) in [5.74, 6) is -0.843. The van der Waals surface area contributed by atoms with Gasteiger partial charge in [-0.1, -0.05) is 32.1 Å². The molecule has 1 amide bonds. The van der Waals surface area contributed by atoms with Crippen molar-refractivity contribution in [2.75, 3.05) is 20.2 Å². The van der Waals surface area contributed by atoms with Crippen LogP contribution in [-0.4, -0.2) is 48.3 Å². The quantitative estimate of drug-likeness (QED) is 0.411. The summed E-state index contributed by atoms with van der Waals surface area (Å²) in [7, 11) is 1.49. The normalized spacial score (nSPS) is 14.1. The van der Waals surface area contributed by atoms with Gasteiger partial charge in [0, 0.05) is 19.5 Å². The van der Waals surface area contributed by atoms with Gasteiger partial charge in [0.2, 0.25) is 0 Å². The second-order valence-electron chi connectivity index (χ2n) is 8.11. The molecule has 0 aromatic heterocycles. The SMILES string of the molecule is COc1c(CCCCCCCCCC(F)(F)F)cc(C(=O)O)cc1C(=O)N1CCCC1. The van der Waals surface area contributed by atoms with Crippen molar-refractivity contribution in [3.05, 3.63) is 28.8 Å². The van der Waals surface area contributed by atoms with E-state index in [2.05, 4.69) is 0 Å². The summed E-state index contributed by atoms with van der Waals surface area (Å²) in [5.41, 5.74) is 1.07. The summed E-state index contributed by atoms with van der Waals surface area (Å²) in [6.07, 6.45) is 2.67. The Balaban J connectivity index is 1.91. The molecule has 0 aliphatic carbocycles. The molecule has 31 heavy (non-hydrogen) atoms. The summed E-state index contributed by atoms with van der Waals surface area (Å²) in [4.78, 5) is 26.2. The van der Waals surface area contributed by atoms with Gasteiger partial charge in [-0.25, -0.2) is 4.79 Å². The van der Waals surface area contributed by atoms with Crippen molar-refractivity contribution in [2.24, 2.45) is 0 Å². The maximum Gasteiger partial charge on any atom is 0.389 e. The molecular formula is C23H32F3NO4. The van der Waals surface area contributed by atoms with Crippen molar-refractivity contribution in [1.29, 1.82) is 0 Å². The molecule has 2 rings (SSSR count). The summed E-state index contributed by atoms with van der Waals surface area (Å²) in [6.45, 7) is 1.33. The fraction of sp³-hybridized carbons (Fsp3) is 0.652. The molecule has 0 bridgehead atoms. The first-order chi connectivity index (χ1) is 14.7. The highest BCUT2D eigenvalue weighted by atomic mass is 19.4. The summed E-state index contributed by atoms with van der Waals surface area (Å²) < 4.78 is 41.9. The number of aromatic carboxylic acids is 1. The zero-order chi connectivity index (χ0) is 22.9. The first-order valence-corrected chi connectivity index (χ1v) is 11.0. The lowest BCUT2D eigenvalue weighted by Gasteiger charge is -2.20. The molecule has 1 heterocycles. The van der Waals surface area contributed by atoms with Crippen LogP contribution in [0.15, 0.2) is 12.1 Å². The van der Waals surface area contributed by atoms with Crippen LogP contribution < -0.4 is 4.74 Å². The number of hydrogen-bond acceptors (Lipinski definition) is 3. The van der Waals surface area contributed by atoms with Crippen LogP contribution in [-0.2, 0) is 6.42 Å². The predicted octanol–water partition coefficient (Wildman–Crippen LogP) is 5.86. The fourth-order valence-corrected chi connectivity index (χ4v) is 4.01. The van der Waals surface area contributed by atoms with E-state index in [1.54, 1.807) is 11.0 Å². The minimum atomic E-state index is -4.07. The number of nitrogens with zero attached hydrogens (tertiary/aromatic N) is 1. The molecule has 5 nitrogen and oxygen atoms in total. The van der Waals surface area contributed by atoms with E-state index in [4.69, 9.17) is 4.74 Å². The molecule has 0 radical (unpaired) electrons. The fourth-order valence-electron chi connectivity index (χ4n) is 4.01. The van der Waals surface area contributed by atoms with E-state index in [0.29, 0.717) is 42.8 Å². The molecule has 0 atom stereocenters. The highest BCUT2D eigenvalue weighted by Crippen LogP contribution is 2.30. The molecule has 1 saturated heterocycles. The van der Waals surface area contributed by atoms with Crippen LogP contribution in [0.1, 0.15) is 90.5 Å². The Kier molecular flexibility index (Phi) is 9.65. The van der Waals surface area contributed by atoms with E-state index in [9.17, 15) is 27.9 Å². The number of amides is 1. The second-order valence-corrected chi connectivity index (χ2v) is 8.11. The number of hydrogen-bond donors (Lipinski definition) is 1. The monoisotopic (exact) mass is 443 g/mol. The average Bonchev–Trinajstić information content (AvgIpc) is 3.25. The molecule has 1 aromatic carbocycles. The summed E-state index contributed by atoms with van der Waals surface area (Å²) in [5, 5.41) is 9.47.